The number of pyridine rings is 1. The third-order valence-electron chi connectivity index (χ3n) is 6.12. The zero-order chi connectivity index (χ0) is 23.3. The van der Waals surface area contributed by atoms with Crippen LogP contribution in [-0.2, 0) is 0 Å². The molecule has 1 saturated carbocycles. The van der Waals surface area contributed by atoms with Crippen molar-refractivity contribution >= 4 is 50.6 Å². The molecule has 0 bridgehead atoms. The smallest absolute Gasteiger partial charge is 0.331 e. The fourth-order valence-corrected chi connectivity index (χ4v) is 5.63. The molecular formula is C24H27N5O3S. The second kappa shape index (κ2) is 8.31. The molecule has 1 fully saturated rings. The van der Waals surface area contributed by atoms with Crippen LogP contribution in [-0.4, -0.2) is 35.1 Å². The van der Waals surface area contributed by atoms with Gasteiger partial charge in [0, 0.05) is 18.3 Å². The van der Waals surface area contributed by atoms with Gasteiger partial charge in [-0.3, -0.25) is 9.69 Å². The molecule has 0 spiro atoms. The number of nitrogens with two attached hydrogens (primary N) is 1. The van der Waals surface area contributed by atoms with Crippen LogP contribution in [0.3, 0.4) is 0 Å². The van der Waals surface area contributed by atoms with Crippen LogP contribution in [0.5, 0.6) is 5.75 Å². The molecule has 9 heteroatoms. The third kappa shape index (κ3) is 3.81. The van der Waals surface area contributed by atoms with Crippen molar-refractivity contribution in [2.45, 2.75) is 58.2 Å². The number of nitrogens with one attached hydrogen (secondary N) is 2. The van der Waals surface area contributed by atoms with Crippen molar-refractivity contribution in [1.29, 1.82) is 0 Å². The van der Waals surface area contributed by atoms with E-state index >= 15 is 0 Å². The van der Waals surface area contributed by atoms with Crippen LogP contribution in [0, 0.1) is 6.92 Å². The summed E-state index contributed by atoms with van der Waals surface area (Å²) in [4.78, 5) is 33.7. The number of thiophene rings is 1. The van der Waals surface area contributed by atoms with Crippen molar-refractivity contribution in [1.82, 2.24) is 10.3 Å². The minimum absolute atomic E-state index is 0.0379. The lowest BCUT2D eigenvalue weighted by Gasteiger charge is -2.29. The zero-order valence-corrected chi connectivity index (χ0v) is 19.7. The molecule has 4 N–H and O–H groups in total. The van der Waals surface area contributed by atoms with Crippen molar-refractivity contribution in [3.8, 4) is 5.75 Å². The number of aryl methyl sites for hydroxylation is 1. The number of rotatable bonds is 5. The summed E-state index contributed by atoms with van der Waals surface area (Å²) >= 11 is 1.28. The minimum atomic E-state index is -0.319. The lowest BCUT2D eigenvalue weighted by Crippen LogP contribution is -2.44. The molecule has 3 aromatic rings. The van der Waals surface area contributed by atoms with Gasteiger partial charge in [0.1, 0.15) is 15.5 Å². The zero-order valence-electron chi connectivity index (χ0n) is 18.8. The van der Waals surface area contributed by atoms with E-state index in [2.05, 4.69) is 15.6 Å². The largest absolute Gasteiger partial charge is 0.491 e. The maximum atomic E-state index is 13.3. The Kier molecular flexibility index (Phi) is 5.46. The number of anilines is 3. The summed E-state index contributed by atoms with van der Waals surface area (Å²) in [6.07, 6.45) is 4.51. The number of carbonyl (C=O) groups excluding carboxylic acids is 2. The Hall–Kier alpha value is -3.17. The molecule has 8 nitrogen and oxygen atoms in total. The van der Waals surface area contributed by atoms with Crippen molar-refractivity contribution in [2.24, 2.45) is 5.73 Å². The van der Waals surface area contributed by atoms with Gasteiger partial charge in [-0.25, -0.2) is 9.78 Å². The predicted octanol–water partition coefficient (Wildman–Crippen LogP) is 4.69. The Morgan fingerprint density at radius 2 is 2.12 bits per heavy atom. The molecular weight excluding hydrogens is 438 g/mol. The molecule has 2 atom stereocenters. The van der Waals surface area contributed by atoms with Gasteiger partial charge in [-0.15, -0.1) is 11.3 Å². The van der Waals surface area contributed by atoms with Crippen LogP contribution in [0.4, 0.5) is 21.9 Å². The second-order valence-electron chi connectivity index (χ2n) is 8.87. The average molecular weight is 466 g/mol. The summed E-state index contributed by atoms with van der Waals surface area (Å²) in [6.45, 7) is 5.89. The molecule has 0 saturated heterocycles. The Labute approximate surface area is 196 Å². The van der Waals surface area contributed by atoms with Gasteiger partial charge >= 0.3 is 6.03 Å². The fraction of sp³-hybridized carbons (Fsp3) is 0.375. The minimum Gasteiger partial charge on any atom is -0.491 e. The number of nitrogens with zero attached hydrogens (tertiary/aromatic N) is 2. The van der Waals surface area contributed by atoms with Crippen LogP contribution in [0.15, 0.2) is 30.5 Å². The van der Waals surface area contributed by atoms with Crippen molar-refractivity contribution in [3.63, 3.8) is 0 Å². The number of aromatic nitrogens is 1. The maximum Gasteiger partial charge on any atom is 0.331 e. The number of hydrogen-bond acceptors (Lipinski definition) is 6. The van der Waals surface area contributed by atoms with E-state index in [0.717, 1.165) is 41.6 Å². The highest BCUT2D eigenvalue weighted by Gasteiger charge is 2.34. The van der Waals surface area contributed by atoms with Gasteiger partial charge in [0.15, 0.2) is 0 Å². The van der Waals surface area contributed by atoms with Gasteiger partial charge in [0.2, 0.25) is 0 Å². The van der Waals surface area contributed by atoms with Gasteiger partial charge in [-0.2, -0.15) is 0 Å². The number of amides is 3. The number of benzene rings is 1. The SMILES string of the molecule is Cc1cc(OC(C)C)ccc1N1C(=O)Nc2c(C(=O)N[C@@H]3CCC[C@@H]3N)sc3nccc1c23. The van der Waals surface area contributed by atoms with Crippen LogP contribution >= 0.6 is 11.3 Å². The van der Waals surface area contributed by atoms with Crippen LogP contribution in [0.1, 0.15) is 48.3 Å². The summed E-state index contributed by atoms with van der Waals surface area (Å²) in [6, 6.07) is 7.07. The Morgan fingerprint density at radius 1 is 1.30 bits per heavy atom. The van der Waals surface area contributed by atoms with E-state index in [1.54, 1.807) is 11.1 Å². The standard InChI is InChI=1S/C24H27N5O3S/c1-12(2)32-14-7-8-17(13(3)11-14)29-18-9-10-26-23-19(18)20(28-24(29)31)21(33-23)22(30)27-16-6-4-5-15(16)25/h7-12,15-16H,4-6,25H2,1-3H3,(H,27,30)(H,28,31)/t15-,16+/m0/s1. The molecule has 0 radical (unpaired) electrons. The molecule has 1 aliphatic heterocycles. The van der Waals surface area contributed by atoms with E-state index in [9.17, 15) is 9.59 Å². The molecule has 33 heavy (non-hydrogen) atoms. The van der Waals surface area contributed by atoms with Crippen LogP contribution in [0.25, 0.3) is 10.2 Å². The maximum absolute atomic E-state index is 13.3. The summed E-state index contributed by atoms with van der Waals surface area (Å²) in [5, 5.41) is 6.77. The highest BCUT2D eigenvalue weighted by Crippen LogP contribution is 2.46. The predicted molar refractivity (Wildman–Crippen MR) is 131 cm³/mol. The average Bonchev–Trinajstić information content (AvgIpc) is 3.33. The van der Waals surface area contributed by atoms with Crippen LogP contribution < -0.4 is 26.0 Å². The molecule has 1 aliphatic carbocycles. The first-order valence-corrected chi connectivity index (χ1v) is 12.0. The molecule has 2 aromatic heterocycles. The highest BCUT2D eigenvalue weighted by atomic mass is 32.1. The lowest BCUT2D eigenvalue weighted by molar-refractivity contribution is 0.0939. The number of carbonyl (C=O) groups is 2. The van der Waals surface area contributed by atoms with Crippen molar-refractivity contribution in [3.05, 3.63) is 40.9 Å². The first-order valence-electron chi connectivity index (χ1n) is 11.2. The van der Waals surface area contributed by atoms with E-state index in [0.29, 0.717) is 21.1 Å². The monoisotopic (exact) mass is 465 g/mol. The lowest BCUT2D eigenvalue weighted by atomic mass is 10.1. The quantitative estimate of drug-likeness (QED) is 0.507. The first-order chi connectivity index (χ1) is 15.8. The summed E-state index contributed by atoms with van der Waals surface area (Å²) in [7, 11) is 0. The van der Waals surface area contributed by atoms with E-state index in [1.807, 2.05) is 45.0 Å². The van der Waals surface area contributed by atoms with E-state index in [-0.39, 0.29) is 30.1 Å². The molecule has 1 aromatic carbocycles. The third-order valence-corrected chi connectivity index (χ3v) is 7.22. The summed E-state index contributed by atoms with van der Waals surface area (Å²) < 4.78 is 5.79. The summed E-state index contributed by atoms with van der Waals surface area (Å²) in [5.74, 6) is 0.533. The second-order valence-corrected chi connectivity index (χ2v) is 9.87. The van der Waals surface area contributed by atoms with Gasteiger partial charge in [0.25, 0.3) is 5.91 Å². The van der Waals surface area contributed by atoms with Gasteiger partial charge in [-0.1, -0.05) is 0 Å². The number of hydrogen-bond donors (Lipinski definition) is 3. The van der Waals surface area contributed by atoms with Gasteiger partial charge in [-0.05, 0) is 69.9 Å². The summed E-state index contributed by atoms with van der Waals surface area (Å²) in [5.41, 5.74) is 9.00. The van der Waals surface area contributed by atoms with E-state index in [1.165, 1.54) is 11.3 Å². The number of urea groups is 1. The highest BCUT2D eigenvalue weighted by molar-refractivity contribution is 7.21. The first kappa shape index (κ1) is 21.7. The van der Waals surface area contributed by atoms with Gasteiger partial charge in [0.05, 0.1) is 28.6 Å². The molecule has 2 aliphatic rings. The Bertz CT molecular complexity index is 1250. The Morgan fingerprint density at radius 3 is 2.82 bits per heavy atom. The fourth-order valence-electron chi connectivity index (χ4n) is 4.61. The van der Waals surface area contributed by atoms with Gasteiger partial charge < -0.3 is 21.1 Å². The van der Waals surface area contributed by atoms with E-state index in [4.69, 9.17) is 10.5 Å². The normalized spacial score (nSPS) is 19.8. The molecule has 0 unspecified atom stereocenters. The molecule has 5 rings (SSSR count). The topological polar surface area (TPSA) is 110 Å². The molecule has 3 heterocycles. The van der Waals surface area contributed by atoms with Crippen LogP contribution in [0.2, 0.25) is 0 Å². The molecule has 3 amide bonds. The van der Waals surface area contributed by atoms with Crippen molar-refractivity contribution in [2.75, 3.05) is 10.2 Å². The molecule has 172 valence electrons. The Balaban J connectivity index is 1.54. The number of ether oxygens (including phenoxy) is 1. The van der Waals surface area contributed by atoms with E-state index < -0.39 is 0 Å². The van der Waals surface area contributed by atoms with Crippen molar-refractivity contribution < 1.29 is 14.3 Å².